The van der Waals surface area contributed by atoms with Gasteiger partial charge in [-0.1, -0.05) is 6.07 Å². The van der Waals surface area contributed by atoms with Gasteiger partial charge < -0.3 is 9.30 Å². The van der Waals surface area contributed by atoms with E-state index < -0.39 is 0 Å². The van der Waals surface area contributed by atoms with Crippen molar-refractivity contribution in [2.45, 2.75) is 39.6 Å². The molecular weight excluding hydrogens is 270 g/mol. The topological polar surface area (TPSA) is 30.3 Å². The van der Waals surface area contributed by atoms with E-state index in [0.29, 0.717) is 12.6 Å². The Balaban J connectivity index is 1.74. The second-order valence-electron chi connectivity index (χ2n) is 5.12. The van der Waals surface area contributed by atoms with Crippen LogP contribution < -0.4 is 0 Å². The van der Waals surface area contributed by atoms with Crippen molar-refractivity contribution in [3.8, 4) is 0 Å². The minimum atomic E-state index is 0.362. The number of aromatic nitrogens is 2. The number of hydrogen-bond acceptors (Lipinski definition) is 4. The van der Waals surface area contributed by atoms with Gasteiger partial charge in [0.1, 0.15) is 5.82 Å². The van der Waals surface area contributed by atoms with Gasteiger partial charge in [0.15, 0.2) is 0 Å². The van der Waals surface area contributed by atoms with Gasteiger partial charge in [-0.25, -0.2) is 4.98 Å². The van der Waals surface area contributed by atoms with Crippen LogP contribution in [0.15, 0.2) is 23.7 Å². The van der Waals surface area contributed by atoms with Crippen LogP contribution in [0.1, 0.15) is 36.3 Å². The summed E-state index contributed by atoms with van der Waals surface area (Å²) in [6, 6.07) is 4.69. The van der Waals surface area contributed by atoms with Gasteiger partial charge in [-0.2, -0.15) is 0 Å². The predicted molar refractivity (Wildman–Crippen MR) is 80.7 cm³/mol. The molecule has 0 amide bonds. The van der Waals surface area contributed by atoms with Crippen molar-refractivity contribution in [2.75, 3.05) is 13.2 Å². The lowest BCUT2D eigenvalue weighted by Gasteiger charge is -2.34. The number of hydrogen-bond donors (Lipinski definition) is 0. The Bertz CT molecular complexity index is 549. The van der Waals surface area contributed by atoms with E-state index >= 15 is 0 Å². The molecule has 3 heterocycles. The van der Waals surface area contributed by atoms with Gasteiger partial charge in [0, 0.05) is 31.1 Å². The Hall–Kier alpha value is -1.17. The zero-order valence-electron chi connectivity index (χ0n) is 12.1. The molecule has 2 aromatic heterocycles. The summed E-state index contributed by atoms with van der Waals surface area (Å²) in [7, 11) is 0. The lowest BCUT2D eigenvalue weighted by atomic mass is 10.2. The molecule has 5 heteroatoms. The summed E-state index contributed by atoms with van der Waals surface area (Å²) in [6.45, 7) is 8.79. The van der Waals surface area contributed by atoms with Crippen LogP contribution in [0.3, 0.4) is 0 Å². The standard InChI is InChI=1S/C15H21N3OS/c1-3-19-11-13-9-16-15-12(2)17(6-7-18(13)15)10-14-5-4-8-20-14/h4-5,8-9,12H,3,6-7,10-11H2,1-2H3/t12-/m0/s1. The van der Waals surface area contributed by atoms with Crippen LogP contribution in [-0.4, -0.2) is 27.6 Å². The van der Waals surface area contributed by atoms with Gasteiger partial charge in [-0.15, -0.1) is 11.3 Å². The number of fused-ring (bicyclic) bond motifs is 1. The van der Waals surface area contributed by atoms with Crippen molar-refractivity contribution in [3.05, 3.63) is 40.1 Å². The molecule has 1 aliphatic rings. The van der Waals surface area contributed by atoms with Gasteiger partial charge in [0.25, 0.3) is 0 Å². The van der Waals surface area contributed by atoms with Crippen LogP contribution in [0.5, 0.6) is 0 Å². The van der Waals surface area contributed by atoms with E-state index in [2.05, 4.69) is 38.9 Å². The highest BCUT2D eigenvalue weighted by atomic mass is 32.1. The molecular formula is C15H21N3OS. The van der Waals surface area contributed by atoms with Crippen LogP contribution in [0.25, 0.3) is 0 Å². The number of ether oxygens (including phenoxy) is 1. The number of imidazole rings is 1. The Morgan fingerprint density at radius 3 is 3.10 bits per heavy atom. The first-order chi connectivity index (χ1) is 9.79. The highest BCUT2D eigenvalue weighted by Crippen LogP contribution is 2.27. The van der Waals surface area contributed by atoms with Gasteiger partial charge in [-0.3, -0.25) is 4.90 Å². The molecule has 0 fully saturated rings. The average molecular weight is 291 g/mol. The summed E-state index contributed by atoms with van der Waals surface area (Å²) in [5.41, 5.74) is 1.20. The first-order valence-electron chi connectivity index (χ1n) is 7.18. The zero-order valence-corrected chi connectivity index (χ0v) is 12.9. The van der Waals surface area contributed by atoms with Gasteiger partial charge >= 0.3 is 0 Å². The number of nitrogens with zero attached hydrogens (tertiary/aromatic N) is 3. The average Bonchev–Trinajstić information content (AvgIpc) is 3.09. The Morgan fingerprint density at radius 2 is 2.35 bits per heavy atom. The molecule has 0 bridgehead atoms. The Morgan fingerprint density at radius 1 is 1.45 bits per heavy atom. The maximum atomic E-state index is 5.52. The molecule has 0 aliphatic carbocycles. The van der Waals surface area contributed by atoms with Crippen LogP contribution in [0, 0.1) is 0 Å². The van der Waals surface area contributed by atoms with Crippen LogP contribution in [0.2, 0.25) is 0 Å². The van der Waals surface area contributed by atoms with Gasteiger partial charge in [-0.05, 0) is 25.3 Å². The molecule has 0 N–H and O–H groups in total. The molecule has 1 atom stereocenters. The molecule has 0 radical (unpaired) electrons. The summed E-state index contributed by atoms with van der Waals surface area (Å²) in [5.74, 6) is 1.17. The van der Waals surface area contributed by atoms with Crippen molar-refractivity contribution < 1.29 is 4.74 Å². The summed E-state index contributed by atoms with van der Waals surface area (Å²) in [4.78, 5) is 8.54. The maximum Gasteiger partial charge on any atom is 0.126 e. The molecule has 0 unspecified atom stereocenters. The SMILES string of the molecule is CCOCc1cnc2n1CCN(Cc1cccs1)[C@H]2C. The fraction of sp³-hybridized carbons (Fsp3) is 0.533. The first-order valence-corrected chi connectivity index (χ1v) is 8.06. The van der Waals surface area contributed by atoms with E-state index in [1.807, 2.05) is 24.5 Å². The van der Waals surface area contributed by atoms with Crippen molar-refractivity contribution >= 4 is 11.3 Å². The molecule has 0 aromatic carbocycles. The lowest BCUT2D eigenvalue weighted by molar-refractivity contribution is 0.119. The normalized spacial score (nSPS) is 19.2. The summed E-state index contributed by atoms with van der Waals surface area (Å²) < 4.78 is 7.84. The molecule has 20 heavy (non-hydrogen) atoms. The molecule has 1 aliphatic heterocycles. The van der Waals surface area contributed by atoms with Gasteiger partial charge in [0.2, 0.25) is 0 Å². The van der Waals surface area contributed by atoms with E-state index in [1.165, 1.54) is 16.4 Å². The minimum absolute atomic E-state index is 0.362. The van der Waals surface area contributed by atoms with Crippen molar-refractivity contribution in [2.24, 2.45) is 0 Å². The monoisotopic (exact) mass is 291 g/mol. The van der Waals surface area contributed by atoms with Crippen molar-refractivity contribution in [1.82, 2.24) is 14.5 Å². The highest BCUT2D eigenvalue weighted by molar-refractivity contribution is 7.09. The molecule has 0 spiro atoms. The molecule has 3 rings (SSSR count). The van der Waals surface area contributed by atoms with E-state index in [0.717, 1.165) is 26.2 Å². The summed E-state index contributed by atoms with van der Waals surface area (Å²) in [5, 5.41) is 2.14. The predicted octanol–water partition coefficient (Wildman–Crippen LogP) is 3.06. The third-order valence-electron chi connectivity index (χ3n) is 3.89. The number of rotatable bonds is 5. The van der Waals surface area contributed by atoms with Gasteiger partial charge in [0.05, 0.1) is 24.5 Å². The zero-order chi connectivity index (χ0) is 13.9. The smallest absolute Gasteiger partial charge is 0.126 e. The van der Waals surface area contributed by atoms with E-state index in [4.69, 9.17) is 4.74 Å². The van der Waals surface area contributed by atoms with Crippen LogP contribution >= 0.6 is 11.3 Å². The number of thiophene rings is 1. The second-order valence-corrected chi connectivity index (χ2v) is 6.15. The summed E-state index contributed by atoms with van der Waals surface area (Å²) in [6.07, 6.45) is 1.97. The first kappa shape index (κ1) is 13.8. The fourth-order valence-corrected chi connectivity index (χ4v) is 3.47. The largest absolute Gasteiger partial charge is 0.375 e. The second kappa shape index (κ2) is 6.08. The van der Waals surface area contributed by atoms with Crippen LogP contribution in [-0.2, 0) is 24.4 Å². The van der Waals surface area contributed by atoms with Crippen molar-refractivity contribution in [1.29, 1.82) is 0 Å². The lowest BCUT2D eigenvalue weighted by Crippen LogP contribution is -2.36. The van der Waals surface area contributed by atoms with E-state index in [9.17, 15) is 0 Å². The van der Waals surface area contributed by atoms with Crippen molar-refractivity contribution in [3.63, 3.8) is 0 Å². The molecule has 4 nitrogen and oxygen atoms in total. The van der Waals surface area contributed by atoms with E-state index in [1.54, 1.807) is 0 Å². The fourth-order valence-electron chi connectivity index (χ4n) is 2.74. The maximum absolute atomic E-state index is 5.52. The molecule has 2 aromatic rings. The Labute approximate surface area is 124 Å². The van der Waals surface area contributed by atoms with Crippen LogP contribution in [0.4, 0.5) is 0 Å². The molecule has 0 saturated carbocycles. The summed E-state index contributed by atoms with van der Waals surface area (Å²) >= 11 is 1.83. The Kier molecular flexibility index (Phi) is 4.19. The highest BCUT2D eigenvalue weighted by Gasteiger charge is 2.27. The minimum Gasteiger partial charge on any atom is -0.375 e. The van der Waals surface area contributed by atoms with E-state index in [-0.39, 0.29) is 0 Å². The quantitative estimate of drug-likeness (QED) is 0.848. The third kappa shape index (κ3) is 2.66. The third-order valence-corrected chi connectivity index (χ3v) is 4.76. The molecule has 108 valence electrons. The molecule has 0 saturated heterocycles.